The number of pyridine rings is 1. The van der Waals surface area contributed by atoms with Crippen LogP contribution in [0.15, 0.2) is 36.5 Å². The van der Waals surface area contributed by atoms with Crippen molar-refractivity contribution < 1.29 is 35.8 Å². The fraction of sp³-hybridized carbons (Fsp3) is 0.370. The Balaban J connectivity index is 1.46. The summed E-state index contributed by atoms with van der Waals surface area (Å²) in [6, 6.07) is 6.40. The fourth-order valence-corrected chi connectivity index (χ4v) is 5.69. The van der Waals surface area contributed by atoms with Gasteiger partial charge in [0.25, 0.3) is 0 Å². The van der Waals surface area contributed by atoms with Crippen LogP contribution in [0.25, 0.3) is 32.9 Å². The molecular weight excluding hydrogens is 526 g/mol. The highest BCUT2D eigenvalue weighted by atomic mass is 19.4. The molecule has 6 rings (SSSR count). The highest BCUT2D eigenvalue weighted by Gasteiger charge is 2.45. The first kappa shape index (κ1) is 25.6. The first-order valence-electron chi connectivity index (χ1n) is 12.5. The lowest BCUT2D eigenvalue weighted by Gasteiger charge is -2.31. The second-order valence-corrected chi connectivity index (χ2v) is 9.87. The number of rotatable bonds is 6. The zero-order chi connectivity index (χ0) is 27.4. The van der Waals surface area contributed by atoms with Gasteiger partial charge < -0.3 is 9.47 Å². The standard InChI is InChI=1S/C27H22F6N4O2/c28-18-7-6-15-4-1-5-16(19(15)20(18)29)22-21(30)23-17(12-34-22)24(38-14-27(31,32)33)36-25(35-23)39-13-26-8-2-10-37(26)11-3-9-26/h1,4-7,12H,2-3,8-11,13-14H2. The van der Waals surface area contributed by atoms with Crippen molar-refractivity contribution in [1.82, 2.24) is 19.9 Å². The summed E-state index contributed by atoms with van der Waals surface area (Å²) in [6.07, 6.45) is 0.143. The third-order valence-corrected chi connectivity index (χ3v) is 7.47. The van der Waals surface area contributed by atoms with Gasteiger partial charge in [-0.2, -0.15) is 23.1 Å². The summed E-state index contributed by atoms with van der Waals surface area (Å²) in [6.45, 7) is 0.361. The van der Waals surface area contributed by atoms with Crippen LogP contribution in [0.4, 0.5) is 26.3 Å². The van der Waals surface area contributed by atoms with Crippen molar-refractivity contribution in [1.29, 1.82) is 0 Å². The number of fused-ring (bicyclic) bond motifs is 3. The molecule has 0 amide bonds. The normalized spacial score (nSPS) is 17.2. The van der Waals surface area contributed by atoms with Crippen LogP contribution in [-0.2, 0) is 0 Å². The van der Waals surface area contributed by atoms with Gasteiger partial charge in [0.1, 0.15) is 17.8 Å². The summed E-state index contributed by atoms with van der Waals surface area (Å²) >= 11 is 0. The van der Waals surface area contributed by atoms with Crippen molar-refractivity contribution in [3.63, 3.8) is 0 Å². The first-order valence-corrected chi connectivity index (χ1v) is 12.5. The molecule has 0 radical (unpaired) electrons. The topological polar surface area (TPSA) is 60.4 Å². The van der Waals surface area contributed by atoms with E-state index in [1.165, 1.54) is 24.3 Å². The molecule has 12 heteroatoms. The summed E-state index contributed by atoms with van der Waals surface area (Å²) < 4.78 is 94.5. The zero-order valence-electron chi connectivity index (χ0n) is 20.5. The van der Waals surface area contributed by atoms with E-state index in [4.69, 9.17) is 9.47 Å². The number of halogens is 6. The van der Waals surface area contributed by atoms with Crippen molar-refractivity contribution in [2.45, 2.75) is 37.4 Å². The average molecular weight is 548 g/mol. The van der Waals surface area contributed by atoms with E-state index in [-0.39, 0.29) is 40.2 Å². The number of benzene rings is 2. The molecule has 0 N–H and O–H groups in total. The van der Waals surface area contributed by atoms with E-state index in [1.54, 1.807) is 0 Å². The fourth-order valence-electron chi connectivity index (χ4n) is 5.69. The SMILES string of the molecule is Fc1ccc2cccc(-c3ncc4c(OCC(F)(F)F)nc(OCC56CCCN5CCC6)nc4c3F)c2c1F. The summed E-state index contributed by atoms with van der Waals surface area (Å²) in [4.78, 5) is 14.5. The first-order chi connectivity index (χ1) is 18.7. The monoisotopic (exact) mass is 548 g/mol. The molecule has 4 aromatic rings. The lowest BCUT2D eigenvalue weighted by Crippen LogP contribution is -2.43. The van der Waals surface area contributed by atoms with E-state index in [9.17, 15) is 22.0 Å². The molecule has 4 heterocycles. The van der Waals surface area contributed by atoms with Gasteiger partial charge in [0.2, 0.25) is 5.88 Å². The molecule has 0 atom stereocenters. The zero-order valence-corrected chi connectivity index (χ0v) is 20.5. The van der Waals surface area contributed by atoms with E-state index in [2.05, 4.69) is 19.9 Å². The molecule has 2 saturated heterocycles. The minimum atomic E-state index is -4.68. The van der Waals surface area contributed by atoms with Crippen LogP contribution in [0.2, 0.25) is 0 Å². The minimum absolute atomic E-state index is 0.0471. The summed E-state index contributed by atoms with van der Waals surface area (Å²) in [5.41, 5.74) is -1.05. The molecule has 2 aliphatic heterocycles. The van der Waals surface area contributed by atoms with Crippen LogP contribution in [0.3, 0.4) is 0 Å². The third kappa shape index (κ3) is 4.60. The Bertz CT molecular complexity index is 1570. The average Bonchev–Trinajstić information content (AvgIpc) is 3.49. The van der Waals surface area contributed by atoms with Crippen molar-refractivity contribution in [2.24, 2.45) is 0 Å². The highest BCUT2D eigenvalue weighted by Crippen LogP contribution is 2.40. The van der Waals surface area contributed by atoms with Gasteiger partial charge >= 0.3 is 12.2 Å². The molecule has 39 heavy (non-hydrogen) atoms. The molecule has 0 spiro atoms. The van der Waals surface area contributed by atoms with Gasteiger partial charge in [-0.1, -0.05) is 24.3 Å². The number of alkyl halides is 3. The Hall–Kier alpha value is -3.67. The van der Waals surface area contributed by atoms with E-state index < -0.39 is 41.6 Å². The van der Waals surface area contributed by atoms with Gasteiger partial charge in [-0.25, -0.2) is 13.2 Å². The van der Waals surface area contributed by atoms with E-state index in [0.717, 1.165) is 51.0 Å². The van der Waals surface area contributed by atoms with Gasteiger partial charge in [-0.05, 0) is 50.2 Å². The van der Waals surface area contributed by atoms with Gasteiger partial charge in [0.05, 0.1) is 10.9 Å². The maximum absolute atomic E-state index is 16.0. The van der Waals surface area contributed by atoms with Gasteiger partial charge in [-0.3, -0.25) is 9.88 Å². The maximum atomic E-state index is 16.0. The number of hydrogen-bond acceptors (Lipinski definition) is 6. The molecule has 204 valence electrons. The van der Waals surface area contributed by atoms with Crippen LogP contribution in [0.1, 0.15) is 25.7 Å². The number of hydrogen-bond donors (Lipinski definition) is 0. The molecule has 0 bridgehead atoms. The molecular formula is C27H22F6N4O2. The molecule has 6 nitrogen and oxygen atoms in total. The second-order valence-electron chi connectivity index (χ2n) is 9.87. The molecule has 2 fully saturated rings. The Morgan fingerprint density at radius 1 is 0.923 bits per heavy atom. The molecule has 0 saturated carbocycles. The summed E-state index contributed by atoms with van der Waals surface area (Å²) in [5.74, 6) is -3.91. The van der Waals surface area contributed by atoms with Gasteiger partial charge in [0, 0.05) is 17.1 Å². The number of aromatic nitrogens is 3. The van der Waals surface area contributed by atoms with Crippen LogP contribution >= 0.6 is 0 Å². The van der Waals surface area contributed by atoms with Gasteiger partial charge in [-0.15, -0.1) is 0 Å². The molecule has 0 aliphatic carbocycles. The molecule has 2 aromatic heterocycles. The third-order valence-electron chi connectivity index (χ3n) is 7.47. The second kappa shape index (κ2) is 9.51. The smallest absolute Gasteiger partial charge is 0.422 e. The van der Waals surface area contributed by atoms with Crippen LogP contribution in [-0.4, -0.2) is 57.9 Å². The van der Waals surface area contributed by atoms with E-state index >= 15 is 4.39 Å². The minimum Gasteiger partial charge on any atom is -0.467 e. The van der Waals surface area contributed by atoms with Crippen LogP contribution in [0, 0.1) is 17.5 Å². The Kier molecular flexibility index (Phi) is 6.24. The summed E-state index contributed by atoms with van der Waals surface area (Å²) in [7, 11) is 0. The Morgan fingerprint density at radius 2 is 1.69 bits per heavy atom. The molecule has 2 aromatic carbocycles. The molecule has 0 unspecified atom stereocenters. The van der Waals surface area contributed by atoms with Crippen molar-refractivity contribution in [2.75, 3.05) is 26.3 Å². The van der Waals surface area contributed by atoms with Crippen molar-refractivity contribution in [3.8, 4) is 23.1 Å². The highest BCUT2D eigenvalue weighted by molar-refractivity contribution is 5.98. The lowest BCUT2D eigenvalue weighted by atomic mass is 9.95. The Labute approximate surface area is 218 Å². The number of ether oxygens (including phenoxy) is 2. The van der Waals surface area contributed by atoms with Crippen molar-refractivity contribution >= 4 is 21.7 Å². The van der Waals surface area contributed by atoms with E-state index in [1.807, 2.05) is 0 Å². The van der Waals surface area contributed by atoms with E-state index in [0.29, 0.717) is 5.39 Å². The maximum Gasteiger partial charge on any atom is 0.422 e. The molecule has 2 aliphatic rings. The van der Waals surface area contributed by atoms with Crippen LogP contribution in [0.5, 0.6) is 11.9 Å². The Morgan fingerprint density at radius 3 is 2.44 bits per heavy atom. The summed E-state index contributed by atoms with van der Waals surface area (Å²) in [5, 5.41) is -0.101. The van der Waals surface area contributed by atoms with Crippen molar-refractivity contribution in [3.05, 3.63) is 54.0 Å². The number of nitrogens with zero attached hydrogens (tertiary/aromatic N) is 4. The van der Waals surface area contributed by atoms with Crippen LogP contribution < -0.4 is 9.47 Å². The largest absolute Gasteiger partial charge is 0.467 e. The predicted octanol–water partition coefficient (Wildman–Crippen LogP) is 6.21. The van der Waals surface area contributed by atoms with Gasteiger partial charge in [0.15, 0.2) is 24.1 Å². The predicted molar refractivity (Wildman–Crippen MR) is 130 cm³/mol. The quantitative estimate of drug-likeness (QED) is 0.267. The lowest BCUT2D eigenvalue weighted by molar-refractivity contribution is -0.153.